The van der Waals surface area contributed by atoms with Crippen molar-refractivity contribution < 1.29 is 9.53 Å². The summed E-state index contributed by atoms with van der Waals surface area (Å²) in [4.78, 5) is 14.8. The highest BCUT2D eigenvalue weighted by Gasteiger charge is 2.06. The van der Waals surface area contributed by atoms with E-state index in [0.717, 1.165) is 12.0 Å². The first-order valence-corrected chi connectivity index (χ1v) is 5.76. The molecule has 0 N–H and O–H groups in total. The maximum atomic E-state index is 10.9. The molecule has 0 fully saturated rings. The van der Waals surface area contributed by atoms with Crippen LogP contribution in [0.15, 0.2) is 30.6 Å². The summed E-state index contributed by atoms with van der Waals surface area (Å²) in [5.41, 5.74) is 4.06. The first kappa shape index (κ1) is 12.3. The topological polar surface area (TPSA) is 39.2 Å². The largest absolute Gasteiger partial charge is 0.456 e. The Morgan fingerprint density at radius 3 is 2.44 bits per heavy atom. The summed E-state index contributed by atoms with van der Waals surface area (Å²) in [5, 5.41) is 0. The second-order valence-corrected chi connectivity index (χ2v) is 4.32. The molecule has 0 spiro atoms. The van der Waals surface area contributed by atoms with Crippen LogP contribution in [0.25, 0.3) is 0 Å². The monoisotopic (exact) mass is 241 g/mol. The Morgan fingerprint density at radius 2 is 1.83 bits per heavy atom. The third kappa shape index (κ3) is 2.40. The number of aldehydes is 1. The third-order valence-electron chi connectivity index (χ3n) is 3.07. The summed E-state index contributed by atoms with van der Waals surface area (Å²) < 4.78 is 5.75. The van der Waals surface area contributed by atoms with Gasteiger partial charge in [-0.2, -0.15) is 0 Å². The average Bonchev–Trinajstić information content (AvgIpc) is 2.36. The molecule has 18 heavy (non-hydrogen) atoms. The Bertz CT molecular complexity index is 568. The van der Waals surface area contributed by atoms with Crippen molar-refractivity contribution in [1.82, 2.24) is 4.98 Å². The predicted octanol–water partition coefficient (Wildman–Crippen LogP) is 3.61. The first-order valence-electron chi connectivity index (χ1n) is 5.76. The molecule has 0 bridgehead atoms. The zero-order valence-corrected chi connectivity index (χ0v) is 10.7. The van der Waals surface area contributed by atoms with Crippen LogP contribution in [0.2, 0.25) is 0 Å². The normalized spacial score (nSPS) is 10.2. The van der Waals surface area contributed by atoms with Crippen molar-refractivity contribution in [3.8, 4) is 11.5 Å². The minimum atomic E-state index is 0.452. The smallest absolute Gasteiger partial charge is 0.155 e. The fourth-order valence-corrected chi connectivity index (χ4v) is 1.76. The highest BCUT2D eigenvalue weighted by Crippen LogP contribution is 2.27. The van der Waals surface area contributed by atoms with E-state index in [2.05, 4.69) is 11.9 Å². The van der Waals surface area contributed by atoms with E-state index in [4.69, 9.17) is 4.74 Å². The summed E-state index contributed by atoms with van der Waals surface area (Å²) in [6.45, 7) is 6.17. The lowest BCUT2D eigenvalue weighted by Gasteiger charge is -2.11. The van der Waals surface area contributed by atoms with Crippen LogP contribution in [0.3, 0.4) is 0 Å². The molecular formula is C15H15NO2. The molecule has 1 heterocycles. The second-order valence-electron chi connectivity index (χ2n) is 4.32. The SMILES string of the molecule is Cc1cc(Oc2ccncc2C=O)cc(C)c1C. The Kier molecular flexibility index (Phi) is 3.42. The third-order valence-corrected chi connectivity index (χ3v) is 3.07. The minimum absolute atomic E-state index is 0.452. The molecule has 0 aliphatic heterocycles. The van der Waals surface area contributed by atoms with E-state index in [9.17, 15) is 4.79 Å². The summed E-state index contributed by atoms with van der Waals surface area (Å²) in [7, 11) is 0. The maximum Gasteiger partial charge on any atom is 0.155 e. The number of ether oxygens (including phenoxy) is 1. The fourth-order valence-electron chi connectivity index (χ4n) is 1.76. The van der Waals surface area contributed by atoms with E-state index in [0.29, 0.717) is 11.3 Å². The fraction of sp³-hybridized carbons (Fsp3) is 0.200. The number of carbonyl (C=O) groups is 1. The van der Waals surface area contributed by atoms with Crippen LogP contribution < -0.4 is 4.74 Å². The number of pyridine rings is 1. The molecule has 3 heteroatoms. The lowest BCUT2D eigenvalue weighted by molar-refractivity contribution is 0.112. The van der Waals surface area contributed by atoms with Crippen molar-refractivity contribution >= 4 is 6.29 Å². The van der Waals surface area contributed by atoms with E-state index < -0.39 is 0 Å². The molecule has 1 aromatic heterocycles. The molecule has 2 aromatic rings. The van der Waals surface area contributed by atoms with Crippen molar-refractivity contribution in [2.24, 2.45) is 0 Å². The lowest BCUT2D eigenvalue weighted by Crippen LogP contribution is -1.94. The van der Waals surface area contributed by atoms with Crippen LogP contribution in [0.1, 0.15) is 27.0 Å². The van der Waals surface area contributed by atoms with Crippen molar-refractivity contribution in [1.29, 1.82) is 0 Å². The van der Waals surface area contributed by atoms with Gasteiger partial charge in [0.15, 0.2) is 6.29 Å². The summed E-state index contributed by atoms with van der Waals surface area (Å²) in [6, 6.07) is 5.63. The summed E-state index contributed by atoms with van der Waals surface area (Å²) in [5.74, 6) is 1.27. The Hall–Kier alpha value is -2.16. The van der Waals surface area contributed by atoms with Crippen molar-refractivity contribution in [2.45, 2.75) is 20.8 Å². The minimum Gasteiger partial charge on any atom is -0.456 e. The molecule has 0 radical (unpaired) electrons. The standard InChI is InChI=1S/C15H15NO2/c1-10-6-14(7-11(2)12(10)3)18-15-4-5-16-8-13(15)9-17/h4-9H,1-3H3. The zero-order valence-electron chi connectivity index (χ0n) is 10.7. The Balaban J connectivity index is 2.37. The molecule has 0 atom stereocenters. The highest BCUT2D eigenvalue weighted by molar-refractivity contribution is 5.78. The van der Waals surface area contributed by atoms with Crippen molar-refractivity contribution in [3.63, 3.8) is 0 Å². The number of hydrogen-bond acceptors (Lipinski definition) is 3. The molecule has 0 saturated carbocycles. The first-order chi connectivity index (χ1) is 8.61. The van der Waals surface area contributed by atoms with Gasteiger partial charge in [0.05, 0.1) is 5.56 Å². The van der Waals surface area contributed by atoms with Gasteiger partial charge in [-0.25, -0.2) is 0 Å². The molecule has 0 aliphatic rings. The van der Waals surface area contributed by atoms with Gasteiger partial charge >= 0.3 is 0 Å². The molecule has 2 rings (SSSR count). The van der Waals surface area contributed by atoms with Gasteiger partial charge in [0, 0.05) is 12.4 Å². The number of aromatic nitrogens is 1. The van der Waals surface area contributed by atoms with E-state index in [1.54, 1.807) is 12.3 Å². The molecule has 0 unspecified atom stereocenters. The summed E-state index contributed by atoms with van der Waals surface area (Å²) in [6.07, 6.45) is 3.85. The molecule has 0 saturated heterocycles. The molecule has 0 aliphatic carbocycles. The summed E-state index contributed by atoms with van der Waals surface area (Å²) >= 11 is 0. The average molecular weight is 241 g/mol. The second kappa shape index (κ2) is 5.00. The molecule has 1 aromatic carbocycles. The van der Waals surface area contributed by atoms with Gasteiger partial charge in [0.1, 0.15) is 11.5 Å². The van der Waals surface area contributed by atoms with Crippen LogP contribution in [0.4, 0.5) is 0 Å². The van der Waals surface area contributed by atoms with E-state index >= 15 is 0 Å². The highest BCUT2D eigenvalue weighted by atomic mass is 16.5. The van der Waals surface area contributed by atoms with Gasteiger partial charge in [-0.3, -0.25) is 9.78 Å². The maximum absolute atomic E-state index is 10.9. The number of nitrogens with zero attached hydrogens (tertiary/aromatic N) is 1. The van der Waals surface area contributed by atoms with Crippen LogP contribution in [-0.4, -0.2) is 11.3 Å². The van der Waals surface area contributed by atoms with E-state index in [1.807, 2.05) is 26.0 Å². The van der Waals surface area contributed by atoms with Gasteiger partial charge in [-0.15, -0.1) is 0 Å². The van der Waals surface area contributed by atoms with Gasteiger partial charge in [0.2, 0.25) is 0 Å². The van der Waals surface area contributed by atoms with Crippen LogP contribution >= 0.6 is 0 Å². The van der Waals surface area contributed by atoms with Gasteiger partial charge < -0.3 is 4.74 Å². The lowest BCUT2D eigenvalue weighted by atomic mass is 10.0. The van der Waals surface area contributed by atoms with Crippen molar-refractivity contribution in [3.05, 3.63) is 52.8 Å². The predicted molar refractivity (Wildman–Crippen MR) is 70.4 cm³/mol. The number of carbonyl (C=O) groups excluding carboxylic acids is 1. The van der Waals surface area contributed by atoms with E-state index in [-0.39, 0.29) is 0 Å². The number of hydrogen-bond donors (Lipinski definition) is 0. The van der Waals surface area contributed by atoms with Gasteiger partial charge in [-0.05, 0) is 55.7 Å². The molecule has 0 amide bonds. The van der Waals surface area contributed by atoms with Gasteiger partial charge in [-0.1, -0.05) is 0 Å². The molecular weight excluding hydrogens is 226 g/mol. The Labute approximate surface area is 106 Å². The van der Waals surface area contributed by atoms with E-state index in [1.165, 1.54) is 22.9 Å². The van der Waals surface area contributed by atoms with Gasteiger partial charge in [0.25, 0.3) is 0 Å². The molecule has 92 valence electrons. The quantitative estimate of drug-likeness (QED) is 0.770. The van der Waals surface area contributed by atoms with Crippen LogP contribution in [-0.2, 0) is 0 Å². The van der Waals surface area contributed by atoms with Crippen LogP contribution in [0.5, 0.6) is 11.5 Å². The Morgan fingerprint density at radius 1 is 1.17 bits per heavy atom. The number of rotatable bonds is 3. The van der Waals surface area contributed by atoms with Crippen LogP contribution in [0, 0.1) is 20.8 Å². The zero-order chi connectivity index (χ0) is 13.1. The number of benzene rings is 1. The number of aryl methyl sites for hydroxylation is 2. The van der Waals surface area contributed by atoms with Crippen molar-refractivity contribution in [2.75, 3.05) is 0 Å². The molecule has 3 nitrogen and oxygen atoms in total.